The molecule has 0 aliphatic heterocycles. The van der Waals surface area contributed by atoms with Crippen LogP contribution in [0.15, 0.2) is 24.3 Å². The normalized spacial score (nSPS) is 12.3. The van der Waals surface area contributed by atoms with Crippen LogP contribution < -0.4 is 10.5 Å². The van der Waals surface area contributed by atoms with Crippen LogP contribution in [0.5, 0.6) is 5.75 Å². The van der Waals surface area contributed by atoms with Crippen LogP contribution in [0.1, 0.15) is 18.5 Å². The second-order valence-corrected chi connectivity index (χ2v) is 3.56. The second kappa shape index (κ2) is 7.25. The smallest absolute Gasteiger partial charge is 0.379 e. The van der Waals surface area contributed by atoms with Gasteiger partial charge in [0.2, 0.25) is 0 Å². The molecule has 0 fully saturated rings. The third kappa shape index (κ3) is 3.78. The van der Waals surface area contributed by atoms with E-state index in [9.17, 15) is 13.6 Å². The van der Waals surface area contributed by atoms with Gasteiger partial charge in [-0.3, -0.25) is 0 Å². The van der Waals surface area contributed by atoms with Crippen molar-refractivity contribution in [3.05, 3.63) is 29.8 Å². The Balaban J connectivity index is 0.00000324. The Bertz CT molecular complexity index is 429. The fourth-order valence-corrected chi connectivity index (χ4v) is 1.47. The highest BCUT2D eigenvalue weighted by Gasteiger charge is 2.48. The van der Waals surface area contributed by atoms with Crippen molar-refractivity contribution in [2.75, 3.05) is 13.7 Å². The Kier molecular flexibility index (Phi) is 6.72. The fraction of sp³-hybridized carbons (Fsp3) is 0.417. The Labute approximate surface area is 116 Å². The molecule has 0 unspecified atom stereocenters. The van der Waals surface area contributed by atoms with Gasteiger partial charge in [0.05, 0.1) is 13.7 Å². The lowest BCUT2D eigenvalue weighted by Crippen LogP contribution is -2.41. The molecule has 1 atom stereocenters. The van der Waals surface area contributed by atoms with Gasteiger partial charge in [-0.05, 0) is 13.0 Å². The van der Waals surface area contributed by atoms with E-state index < -0.39 is 17.9 Å². The van der Waals surface area contributed by atoms with Crippen molar-refractivity contribution in [3.8, 4) is 5.75 Å². The number of halogens is 3. The lowest BCUT2D eigenvalue weighted by Gasteiger charge is -2.23. The van der Waals surface area contributed by atoms with Crippen molar-refractivity contribution in [2.45, 2.75) is 18.9 Å². The molecule has 0 radical (unpaired) electrons. The SMILES string of the molecule is CCOC(=O)C(F)(F)[C@H](N)c1ccccc1OC.Cl. The maximum atomic E-state index is 13.7. The van der Waals surface area contributed by atoms with Crippen LogP contribution in [0.4, 0.5) is 8.78 Å². The fourth-order valence-electron chi connectivity index (χ4n) is 1.47. The van der Waals surface area contributed by atoms with E-state index >= 15 is 0 Å². The van der Waals surface area contributed by atoms with Crippen LogP contribution in [0.3, 0.4) is 0 Å². The van der Waals surface area contributed by atoms with Gasteiger partial charge in [0.15, 0.2) is 0 Å². The number of carbonyl (C=O) groups excluding carboxylic acids is 1. The predicted molar refractivity (Wildman–Crippen MR) is 68.8 cm³/mol. The Hall–Kier alpha value is -1.40. The molecular weight excluding hydrogens is 280 g/mol. The summed E-state index contributed by atoms with van der Waals surface area (Å²) in [5.74, 6) is -5.23. The maximum Gasteiger partial charge on any atom is 0.379 e. The van der Waals surface area contributed by atoms with Crippen molar-refractivity contribution in [1.82, 2.24) is 0 Å². The van der Waals surface area contributed by atoms with Crippen molar-refractivity contribution in [2.24, 2.45) is 5.73 Å². The monoisotopic (exact) mass is 295 g/mol. The molecule has 0 aromatic heterocycles. The topological polar surface area (TPSA) is 61.5 Å². The molecule has 108 valence electrons. The van der Waals surface area contributed by atoms with Crippen LogP contribution in [0, 0.1) is 0 Å². The molecule has 0 amide bonds. The standard InChI is InChI=1S/C12H15F2NO3.ClH/c1-3-18-11(16)12(13,14)10(15)8-6-4-5-7-9(8)17-2;/h4-7,10H,3,15H2,1-2H3;1H/t10-;/m1./s1. The Morgan fingerprint density at radius 1 is 1.42 bits per heavy atom. The van der Waals surface area contributed by atoms with E-state index in [-0.39, 0.29) is 30.3 Å². The summed E-state index contributed by atoms with van der Waals surface area (Å²) < 4.78 is 36.7. The summed E-state index contributed by atoms with van der Waals surface area (Å²) in [5.41, 5.74) is 5.50. The van der Waals surface area contributed by atoms with Crippen LogP contribution in [-0.4, -0.2) is 25.6 Å². The first kappa shape index (κ1) is 17.6. The number of ether oxygens (including phenoxy) is 2. The number of methoxy groups -OCH3 is 1. The highest BCUT2D eigenvalue weighted by atomic mass is 35.5. The highest BCUT2D eigenvalue weighted by molar-refractivity contribution is 5.85. The summed E-state index contributed by atoms with van der Waals surface area (Å²) in [4.78, 5) is 11.2. The molecule has 0 saturated heterocycles. The number of hydrogen-bond donors (Lipinski definition) is 1. The summed E-state index contributed by atoms with van der Waals surface area (Å²) in [6.45, 7) is 1.32. The quantitative estimate of drug-likeness (QED) is 0.847. The summed E-state index contributed by atoms with van der Waals surface area (Å²) in [6.07, 6.45) is 0. The van der Waals surface area contributed by atoms with Gasteiger partial charge in [0.25, 0.3) is 0 Å². The van der Waals surface area contributed by atoms with Crippen molar-refractivity contribution < 1.29 is 23.0 Å². The molecule has 0 spiro atoms. The summed E-state index contributed by atoms with van der Waals surface area (Å²) in [6, 6.07) is 4.23. The Morgan fingerprint density at radius 2 is 2.00 bits per heavy atom. The van der Waals surface area contributed by atoms with Gasteiger partial charge in [-0.15, -0.1) is 12.4 Å². The molecule has 1 aromatic rings. The second-order valence-electron chi connectivity index (χ2n) is 3.56. The molecule has 7 heteroatoms. The third-order valence-electron chi connectivity index (χ3n) is 2.41. The molecule has 1 aromatic carbocycles. The number of rotatable bonds is 5. The number of para-hydroxylation sites is 1. The minimum Gasteiger partial charge on any atom is -0.496 e. The molecule has 19 heavy (non-hydrogen) atoms. The molecule has 0 aliphatic carbocycles. The highest BCUT2D eigenvalue weighted by Crippen LogP contribution is 2.35. The number of nitrogens with two attached hydrogens (primary N) is 1. The van der Waals surface area contributed by atoms with Crippen molar-refractivity contribution in [1.29, 1.82) is 0 Å². The number of benzene rings is 1. The first-order valence-electron chi connectivity index (χ1n) is 5.38. The van der Waals surface area contributed by atoms with E-state index in [1.54, 1.807) is 12.1 Å². The molecule has 0 saturated carbocycles. The average molecular weight is 296 g/mol. The molecule has 2 N–H and O–H groups in total. The molecule has 0 bridgehead atoms. The van der Waals surface area contributed by atoms with E-state index in [1.807, 2.05) is 0 Å². The molecule has 0 aliphatic rings. The minimum atomic E-state index is -3.80. The zero-order chi connectivity index (χ0) is 13.8. The zero-order valence-electron chi connectivity index (χ0n) is 10.6. The largest absolute Gasteiger partial charge is 0.496 e. The van der Waals surface area contributed by atoms with Gasteiger partial charge < -0.3 is 15.2 Å². The van der Waals surface area contributed by atoms with E-state index in [0.29, 0.717) is 0 Å². The van der Waals surface area contributed by atoms with Gasteiger partial charge >= 0.3 is 11.9 Å². The lowest BCUT2D eigenvalue weighted by molar-refractivity contribution is -0.174. The minimum absolute atomic E-state index is 0. The third-order valence-corrected chi connectivity index (χ3v) is 2.41. The van der Waals surface area contributed by atoms with Crippen LogP contribution in [0.2, 0.25) is 0 Å². The summed E-state index contributed by atoms with van der Waals surface area (Å²) >= 11 is 0. The molecule has 4 nitrogen and oxygen atoms in total. The zero-order valence-corrected chi connectivity index (χ0v) is 11.4. The van der Waals surface area contributed by atoms with Crippen LogP contribution >= 0.6 is 12.4 Å². The molecular formula is C12H16ClF2NO3. The first-order chi connectivity index (χ1) is 8.45. The number of esters is 1. The summed E-state index contributed by atoms with van der Waals surface area (Å²) in [5, 5.41) is 0. The van der Waals surface area contributed by atoms with Gasteiger partial charge in [0, 0.05) is 5.56 Å². The van der Waals surface area contributed by atoms with Gasteiger partial charge in [-0.1, -0.05) is 18.2 Å². The van der Waals surface area contributed by atoms with Crippen molar-refractivity contribution >= 4 is 18.4 Å². The van der Waals surface area contributed by atoms with Crippen LogP contribution in [-0.2, 0) is 9.53 Å². The van der Waals surface area contributed by atoms with Crippen molar-refractivity contribution in [3.63, 3.8) is 0 Å². The number of hydrogen-bond acceptors (Lipinski definition) is 4. The van der Waals surface area contributed by atoms with Crippen LogP contribution in [0.25, 0.3) is 0 Å². The van der Waals surface area contributed by atoms with E-state index in [0.717, 1.165) is 0 Å². The maximum absolute atomic E-state index is 13.7. The van der Waals surface area contributed by atoms with Gasteiger partial charge in [-0.2, -0.15) is 8.78 Å². The van der Waals surface area contributed by atoms with Gasteiger partial charge in [0.1, 0.15) is 11.8 Å². The average Bonchev–Trinajstić information content (AvgIpc) is 2.38. The van der Waals surface area contributed by atoms with E-state index in [4.69, 9.17) is 10.5 Å². The summed E-state index contributed by atoms with van der Waals surface area (Å²) in [7, 11) is 1.34. The molecule has 0 heterocycles. The van der Waals surface area contributed by atoms with Gasteiger partial charge in [-0.25, -0.2) is 4.79 Å². The molecule has 1 rings (SSSR count). The lowest BCUT2D eigenvalue weighted by atomic mass is 10.0. The number of alkyl halides is 2. The predicted octanol–water partition coefficient (Wildman–Crippen LogP) is 2.32. The van der Waals surface area contributed by atoms with E-state index in [1.165, 1.54) is 26.2 Å². The Morgan fingerprint density at radius 3 is 2.53 bits per heavy atom. The van der Waals surface area contributed by atoms with E-state index in [2.05, 4.69) is 4.74 Å². The number of carbonyl (C=O) groups is 1. The first-order valence-corrected chi connectivity index (χ1v) is 5.38.